The number of ether oxygens (including phenoxy) is 2. The fourth-order valence-electron chi connectivity index (χ4n) is 2.79. The Bertz CT molecular complexity index is 422. The van der Waals surface area contributed by atoms with Crippen LogP contribution in [0.1, 0.15) is 55.8 Å². The van der Waals surface area contributed by atoms with Crippen molar-refractivity contribution in [3.8, 4) is 5.75 Å². The molecule has 110 valence electrons. The molecule has 1 saturated carbocycles. The summed E-state index contributed by atoms with van der Waals surface area (Å²) in [6.07, 6.45) is 7.57. The van der Waals surface area contributed by atoms with Gasteiger partial charge in [0.1, 0.15) is 11.3 Å². The normalized spacial score (nSPS) is 15.8. The molecule has 20 heavy (non-hydrogen) atoms. The smallest absolute Gasteiger partial charge is 0.341 e. The molecule has 0 heterocycles. The van der Waals surface area contributed by atoms with Crippen molar-refractivity contribution in [3.05, 3.63) is 29.8 Å². The van der Waals surface area contributed by atoms with E-state index in [2.05, 4.69) is 0 Å². The summed E-state index contributed by atoms with van der Waals surface area (Å²) in [5.74, 6) is 1.07. The van der Waals surface area contributed by atoms with E-state index in [-0.39, 0.29) is 5.97 Å². The van der Waals surface area contributed by atoms with Crippen molar-refractivity contribution in [1.29, 1.82) is 0 Å². The molecule has 1 fully saturated rings. The molecule has 3 heteroatoms. The van der Waals surface area contributed by atoms with Crippen molar-refractivity contribution < 1.29 is 14.3 Å². The van der Waals surface area contributed by atoms with Gasteiger partial charge in [-0.1, -0.05) is 44.2 Å². The Balaban J connectivity index is 1.82. The van der Waals surface area contributed by atoms with Gasteiger partial charge in [0.25, 0.3) is 0 Å². The first-order valence-corrected chi connectivity index (χ1v) is 7.70. The Labute approximate surface area is 121 Å². The largest absolute Gasteiger partial charge is 0.493 e. The molecule has 0 atom stereocenters. The van der Waals surface area contributed by atoms with Gasteiger partial charge >= 0.3 is 5.97 Å². The SMILES string of the molecule is CCOc1ccccc1C(=O)OCCC1CCCCC1. The molecule has 0 bridgehead atoms. The van der Waals surface area contributed by atoms with E-state index >= 15 is 0 Å². The van der Waals surface area contributed by atoms with Crippen LogP contribution in [0.25, 0.3) is 0 Å². The van der Waals surface area contributed by atoms with Crippen LogP contribution in [0.2, 0.25) is 0 Å². The van der Waals surface area contributed by atoms with Crippen LogP contribution in [0.15, 0.2) is 24.3 Å². The summed E-state index contributed by atoms with van der Waals surface area (Å²) < 4.78 is 10.9. The number of para-hydroxylation sites is 1. The zero-order valence-corrected chi connectivity index (χ0v) is 12.3. The van der Waals surface area contributed by atoms with Crippen LogP contribution >= 0.6 is 0 Å². The van der Waals surface area contributed by atoms with Gasteiger partial charge in [-0.15, -0.1) is 0 Å². The Hall–Kier alpha value is -1.51. The van der Waals surface area contributed by atoms with Gasteiger partial charge in [0.15, 0.2) is 0 Å². The van der Waals surface area contributed by atoms with Crippen LogP contribution in [0.3, 0.4) is 0 Å². The molecule has 1 aromatic rings. The molecule has 3 nitrogen and oxygen atoms in total. The van der Waals surface area contributed by atoms with E-state index in [1.807, 2.05) is 19.1 Å². The quantitative estimate of drug-likeness (QED) is 0.730. The lowest BCUT2D eigenvalue weighted by molar-refractivity contribution is 0.0470. The van der Waals surface area contributed by atoms with Crippen molar-refractivity contribution in [1.82, 2.24) is 0 Å². The lowest BCUT2D eigenvalue weighted by Gasteiger charge is -2.21. The Morgan fingerprint density at radius 3 is 2.70 bits per heavy atom. The van der Waals surface area contributed by atoms with Crippen LogP contribution in [0.4, 0.5) is 0 Å². The van der Waals surface area contributed by atoms with Crippen LogP contribution in [0, 0.1) is 5.92 Å². The molecule has 0 aromatic heterocycles. The van der Waals surface area contributed by atoms with Gasteiger partial charge in [0.2, 0.25) is 0 Å². The highest BCUT2D eigenvalue weighted by molar-refractivity contribution is 5.92. The fourth-order valence-corrected chi connectivity index (χ4v) is 2.79. The first kappa shape index (κ1) is 14.9. The van der Waals surface area contributed by atoms with E-state index in [1.54, 1.807) is 12.1 Å². The summed E-state index contributed by atoms with van der Waals surface area (Å²) in [7, 11) is 0. The van der Waals surface area contributed by atoms with E-state index < -0.39 is 0 Å². The first-order valence-electron chi connectivity index (χ1n) is 7.70. The number of carbonyl (C=O) groups is 1. The minimum Gasteiger partial charge on any atom is -0.493 e. The fraction of sp³-hybridized carbons (Fsp3) is 0.588. The average Bonchev–Trinajstić information content (AvgIpc) is 2.49. The molecule has 0 saturated heterocycles. The number of carbonyl (C=O) groups excluding carboxylic acids is 1. The minimum absolute atomic E-state index is 0.273. The topological polar surface area (TPSA) is 35.5 Å². The number of benzene rings is 1. The van der Waals surface area contributed by atoms with Gasteiger partial charge in [-0.3, -0.25) is 0 Å². The van der Waals surface area contributed by atoms with Gasteiger partial charge in [-0.2, -0.15) is 0 Å². The molecule has 1 aliphatic rings. The van der Waals surface area contributed by atoms with E-state index in [4.69, 9.17) is 9.47 Å². The zero-order chi connectivity index (χ0) is 14.2. The van der Waals surface area contributed by atoms with Crippen molar-refractivity contribution in [2.75, 3.05) is 13.2 Å². The molecule has 0 spiro atoms. The summed E-state index contributed by atoms with van der Waals surface area (Å²) >= 11 is 0. The zero-order valence-electron chi connectivity index (χ0n) is 12.3. The molecular formula is C17H24O3. The third kappa shape index (κ3) is 4.26. The molecule has 0 amide bonds. The monoisotopic (exact) mass is 276 g/mol. The molecule has 1 aromatic carbocycles. The van der Waals surface area contributed by atoms with Gasteiger partial charge in [0.05, 0.1) is 13.2 Å². The van der Waals surface area contributed by atoms with Crippen LogP contribution in [-0.4, -0.2) is 19.2 Å². The Morgan fingerprint density at radius 2 is 1.95 bits per heavy atom. The van der Waals surface area contributed by atoms with Gasteiger partial charge in [0, 0.05) is 0 Å². The highest BCUT2D eigenvalue weighted by Crippen LogP contribution is 2.26. The maximum atomic E-state index is 12.1. The van der Waals surface area contributed by atoms with E-state index in [1.165, 1.54) is 32.1 Å². The van der Waals surface area contributed by atoms with Crippen molar-refractivity contribution in [2.45, 2.75) is 45.4 Å². The molecule has 0 N–H and O–H groups in total. The average molecular weight is 276 g/mol. The standard InChI is InChI=1S/C17H24O3/c1-2-19-16-11-7-6-10-15(16)17(18)20-13-12-14-8-4-3-5-9-14/h6-7,10-11,14H,2-5,8-9,12-13H2,1H3. The number of rotatable bonds is 6. The number of esters is 1. The molecule has 2 rings (SSSR count). The second-order valence-electron chi connectivity index (χ2n) is 5.36. The van der Waals surface area contributed by atoms with Crippen LogP contribution in [0.5, 0.6) is 5.75 Å². The van der Waals surface area contributed by atoms with Gasteiger partial charge < -0.3 is 9.47 Å². The third-order valence-electron chi connectivity index (χ3n) is 3.89. The van der Waals surface area contributed by atoms with Crippen molar-refractivity contribution in [2.24, 2.45) is 5.92 Å². The summed E-state index contributed by atoms with van der Waals surface area (Å²) in [5, 5.41) is 0. The molecule has 0 aliphatic heterocycles. The molecule has 0 radical (unpaired) electrons. The predicted molar refractivity (Wildman–Crippen MR) is 79.1 cm³/mol. The second kappa shape index (κ2) is 7.93. The van der Waals surface area contributed by atoms with Crippen LogP contribution < -0.4 is 4.74 Å². The number of hydrogen-bond acceptors (Lipinski definition) is 3. The lowest BCUT2D eigenvalue weighted by atomic mass is 9.87. The van der Waals surface area contributed by atoms with Crippen LogP contribution in [-0.2, 0) is 4.74 Å². The molecule has 1 aliphatic carbocycles. The molecular weight excluding hydrogens is 252 g/mol. The van der Waals surface area contributed by atoms with E-state index in [0.717, 1.165) is 12.3 Å². The highest BCUT2D eigenvalue weighted by atomic mass is 16.5. The highest BCUT2D eigenvalue weighted by Gasteiger charge is 2.16. The lowest BCUT2D eigenvalue weighted by Crippen LogP contribution is -2.13. The van der Waals surface area contributed by atoms with Gasteiger partial charge in [-0.05, 0) is 31.4 Å². The second-order valence-corrected chi connectivity index (χ2v) is 5.36. The summed E-state index contributed by atoms with van der Waals surface area (Å²) in [6.45, 7) is 2.97. The third-order valence-corrected chi connectivity index (χ3v) is 3.89. The summed E-state index contributed by atoms with van der Waals surface area (Å²) in [6, 6.07) is 7.26. The minimum atomic E-state index is -0.273. The summed E-state index contributed by atoms with van der Waals surface area (Å²) in [5.41, 5.74) is 0.526. The summed E-state index contributed by atoms with van der Waals surface area (Å²) in [4.78, 5) is 12.1. The van der Waals surface area contributed by atoms with Crippen molar-refractivity contribution >= 4 is 5.97 Å². The maximum Gasteiger partial charge on any atom is 0.341 e. The Kier molecular flexibility index (Phi) is 5.90. The number of hydrogen-bond donors (Lipinski definition) is 0. The van der Waals surface area contributed by atoms with Gasteiger partial charge in [-0.25, -0.2) is 4.79 Å². The maximum absolute atomic E-state index is 12.1. The molecule has 0 unspecified atom stereocenters. The van der Waals surface area contributed by atoms with Crippen molar-refractivity contribution in [3.63, 3.8) is 0 Å². The van der Waals surface area contributed by atoms with E-state index in [9.17, 15) is 4.79 Å². The Morgan fingerprint density at radius 1 is 1.20 bits per heavy atom. The first-order chi connectivity index (χ1) is 9.81. The predicted octanol–water partition coefficient (Wildman–Crippen LogP) is 4.21. The van der Waals surface area contributed by atoms with E-state index in [0.29, 0.717) is 24.5 Å².